The minimum atomic E-state index is -0.103. The molecule has 2 aromatic heterocycles. The molecule has 1 amide bonds. The van der Waals surface area contributed by atoms with E-state index in [1.165, 1.54) is 30.0 Å². The number of halogens is 1. The summed E-state index contributed by atoms with van der Waals surface area (Å²) in [4.78, 5) is 24.8. The topological polar surface area (TPSA) is 85.1 Å². The molecule has 0 unspecified atom stereocenters. The van der Waals surface area contributed by atoms with Crippen LogP contribution in [0.2, 0.25) is 5.02 Å². The van der Waals surface area contributed by atoms with E-state index < -0.39 is 0 Å². The highest BCUT2D eigenvalue weighted by Crippen LogP contribution is 2.26. The maximum Gasteiger partial charge on any atom is 0.277 e. The lowest BCUT2D eigenvalue weighted by Gasteiger charge is -1.98. The number of hydrogen-bond donors (Lipinski definition) is 1. The van der Waals surface area contributed by atoms with E-state index in [1.54, 1.807) is 24.3 Å². The molecule has 1 N–H and O–H groups in total. The number of nitrogens with one attached hydrogen (secondary N) is 1. The first-order chi connectivity index (χ1) is 12.5. The van der Waals surface area contributed by atoms with Gasteiger partial charge in [-0.15, -0.1) is 21.5 Å². The molecule has 134 valence electrons. The van der Waals surface area contributed by atoms with Crippen LogP contribution in [-0.4, -0.2) is 27.6 Å². The van der Waals surface area contributed by atoms with Gasteiger partial charge in [-0.25, -0.2) is 0 Å². The smallest absolute Gasteiger partial charge is 0.277 e. The van der Waals surface area contributed by atoms with E-state index in [1.807, 2.05) is 12.1 Å². The van der Waals surface area contributed by atoms with Crippen LogP contribution in [0.3, 0.4) is 0 Å². The van der Waals surface area contributed by atoms with Gasteiger partial charge in [0.1, 0.15) is 0 Å². The van der Waals surface area contributed by atoms with Crippen LogP contribution in [0.4, 0.5) is 0 Å². The number of nitrogens with zero attached hydrogens (tertiary/aromatic N) is 2. The van der Waals surface area contributed by atoms with Crippen LogP contribution in [0.15, 0.2) is 46.0 Å². The average molecular weight is 408 g/mol. The Morgan fingerprint density at radius 3 is 2.88 bits per heavy atom. The van der Waals surface area contributed by atoms with E-state index in [2.05, 4.69) is 15.5 Å². The Bertz CT molecular complexity index is 939. The molecule has 0 atom stereocenters. The van der Waals surface area contributed by atoms with Gasteiger partial charge in [-0.2, -0.15) is 0 Å². The molecule has 2 heterocycles. The van der Waals surface area contributed by atoms with Gasteiger partial charge >= 0.3 is 0 Å². The molecule has 0 fully saturated rings. The molecule has 6 nitrogen and oxygen atoms in total. The quantitative estimate of drug-likeness (QED) is 0.469. The Morgan fingerprint density at radius 1 is 1.27 bits per heavy atom. The molecule has 3 aromatic rings. The maximum absolute atomic E-state index is 12.3. The van der Waals surface area contributed by atoms with Crippen molar-refractivity contribution >= 4 is 46.4 Å². The summed E-state index contributed by atoms with van der Waals surface area (Å²) in [6, 6.07) is 10.7. The molecule has 0 saturated carbocycles. The number of amides is 1. The van der Waals surface area contributed by atoms with E-state index in [4.69, 9.17) is 16.0 Å². The maximum atomic E-state index is 12.3. The predicted molar refractivity (Wildman–Crippen MR) is 102 cm³/mol. The summed E-state index contributed by atoms with van der Waals surface area (Å²) in [6.07, 6.45) is 0. The van der Waals surface area contributed by atoms with Crippen molar-refractivity contribution in [3.8, 4) is 11.5 Å². The van der Waals surface area contributed by atoms with Crippen molar-refractivity contribution in [1.29, 1.82) is 0 Å². The molecule has 0 saturated heterocycles. The summed E-state index contributed by atoms with van der Waals surface area (Å²) >= 11 is 8.50. The zero-order valence-corrected chi connectivity index (χ0v) is 16.1. The highest BCUT2D eigenvalue weighted by Gasteiger charge is 2.14. The molecular weight excluding hydrogens is 394 g/mol. The Hall–Kier alpha value is -2.16. The highest BCUT2D eigenvalue weighted by atomic mass is 35.5. The van der Waals surface area contributed by atoms with Gasteiger partial charge in [0.05, 0.1) is 17.2 Å². The number of Topliss-reactive ketones (excluding diaryl/α,β-unsaturated/α-hetero) is 1. The van der Waals surface area contributed by atoms with Gasteiger partial charge in [-0.3, -0.25) is 9.59 Å². The third kappa shape index (κ3) is 4.94. The molecular formula is C17H14ClN3O3S2. The van der Waals surface area contributed by atoms with Crippen molar-refractivity contribution in [2.45, 2.75) is 18.7 Å². The molecule has 0 radical (unpaired) electrons. The third-order valence-electron chi connectivity index (χ3n) is 3.25. The second-order valence-corrected chi connectivity index (χ2v) is 7.80. The van der Waals surface area contributed by atoms with Crippen molar-refractivity contribution in [3.63, 3.8) is 0 Å². The normalized spacial score (nSPS) is 10.7. The van der Waals surface area contributed by atoms with E-state index in [-0.39, 0.29) is 17.4 Å². The number of benzene rings is 1. The van der Waals surface area contributed by atoms with Crippen LogP contribution in [0.5, 0.6) is 0 Å². The van der Waals surface area contributed by atoms with Crippen molar-refractivity contribution in [1.82, 2.24) is 15.5 Å². The number of rotatable bonds is 7. The van der Waals surface area contributed by atoms with Crippen LogP contribution in [-0.2, 0) is 11.3 Å². The molecule has 0 aliphatic heterocycles. The van der Waals surface area contributed by atoms with E-state index >= 15 is 0 Å². The first kappa shape index (κ1) is 18.6. The Balaban J connectivity index is 1.57. The van der Waals surface area contributed by atoms with Crippen LogP contribution < -0.4 is 5.32 Å². The van der Waals surface area contributed by atoms with Crippen LogP contribution in [0, 0.1) is 0 Å². The first-order valence-corrected chi connectivity index (χ1v) is 9.78. The summed E-state index contributed by atoms with van der Waals surface area (Å²) < 4.78 is 5.57. The standard InChI is InChI=1S/C17H14ClN3O3S2/c1-10(22)19-8-13-5-6-15(26-13)14(23)9-25-17-21-20-16(24-17)11-3-2-4-12(18)7-11/h2-7H,8-9H2,1H3,(H,19,22). The minimum Gasteiger partial charge on any atom is -0.411 e. The van der Waals surface area contributed by atoms with Gasteiger partial charge in [0.2, 0.25) is 11.8 Å². The number of carbonyl (C=O) groups excluding carboxylic acids is 2. The first-order valence-electron chi connectivity index (χ1n) is 7.60. The third-order valence-corrected chi connectivity index (χ3v) is 5.43. The van der Waals surface area contributed by atoms with Crippen LogP contribution >= 0.6 is 34.7 Å². The lowest BCUT2D eigenvalue weighted by molar-refractivity contribution is -0.119. The average Bonchev–Trinajstić information content (AvgIpc) is 3.27. The largest absolute Gasteiger partial charge is 0.411 e. The Kier molecular flexibility index (Phi) is 6.08. The second-order valence-electron chi connectivity index (χ2n) is 5.27. The van der Waals surface area contributed by atoms with Gasteiger partial charge in [0, 0.05) is 22.4 Å². The van der Waals surface area contributed by atoms with Gasteiger partial charge in [-0.05, 0) is 30.3 Å². The van der Waals surface area contributed by atoms with Gasteiger partial charge in [0.25, 0.3) is 5.22 Å². The second kappa shape index (κ2) is 8.48. The predicted octanol–water partition coefficient (Wildman–Crippen LogP) is 4.06. The van der Waals surface area contributed by atoms with E-state index in [0.29, 0.717) is 27.6 Å². The van der Waals surface area contributed by atoms with Crippen molar-refractivity contribution < 1.29 is 14.0 Å². The molecule has 0 bridgehead atoms. The molecule has 1 aromatic carbocycles. The number of aromatic nitrogens is 2. The molecule has 0 spiro atoms. The number of ketones is 1. The summed E-state index contributed by atoms with van der Waals surface area (Å²) in [5.41, 5.74) is 0.726. The summed E-state index contributed by atoms with van der Waals surface area (Å²) in [6.45, 7) is 1.88. The van der Waals surface area contributed by atoms with Gasteiger partial charge in [-0.1, -0.05) is 29.4 Å². The van der Waals surface area contributed by atoms with Crippen molar-refractivity contribution in [2.75, 3.05) is 5.75 Å². The van der Waals surface area contributed by atoms with E-state index in [9.17, 15) is 9.59 Å². The lowest BCUT2D eigenvalue weighted by atomic mass is 10.2. The number of thioether (sulfide) groups is 1. The zero-order valence-electron chi connectivity index (χ0n) is 13.7. The fraction of sp³-hybridized carbons (Fsp3) is 0.176. The number of carbonyl (C=O) groups is 2. The van der Waals surface area contributed by atoms with E-state index in [0.717, 1.165) is 10.4 Å². The fourth-order valence-corrected chi connectivity index (χ4v) is 3.85. The molecule has 0 aliphatic rings. The fourth-order valence-electron chi connectivity index (χ4n) is 2.04. The summed E-state index contributed by atoms with van der Waals surface area (Å²) in [7, 11) is 0. The summed E-state index contributed by atoms with van der Waals surface area (Å²) in [5, 5.41) is 11.5. The highest BCUT2D eigenvalue weighted by molar-refractivity contribution is 7.99. The molecule has 9 heteroatoms. The monoisotopic (exact) mass is 407 g/mol. The minimum absolute atomic E-state index is 0.0309. The lowest BCUT2D eigenvalue weighted by Crippen LogP contribution is -2.18. The zero-order chi connectivity index (χ0) is 18.5. The SMILES string of the molecule is CC(=O)NCc1ccc(C(=O)CSc2nnc(-c3cccc(Cl)c3)o2)s1. The number of hydrogen-bond acceptors (Lipinski definition) is 7. The van der Waals surface area contributed by atoms with Crippen molar-refractivity contribution in [3.05, 3.63) is 51.2 Å². The Labute approximate surface area is 163 Å². The van der Waals surface area contributed by atoms with Crippen molar-refractivity contribution in [2.24, 2.45) is 0 Å². The van der Waals surface area contributed by atoms with Crippen LogP contribution in [0.25, 0.3) is 11.5 Å². The van der Waals surface area contributed by atoms with Gasteiger partial charge in [0.15, 0.2) is 5.78 Å². The molecule has 26 heavy (non-hydrogen) atoms. The molecule has 0 aliphatic carbocycles. The Morgan fingerprint density at radius 2 is 2.12 bits per heavy atom. The van der Waals surface area contributed by atoms with Gasteiger partial charge < -0.3 is 9.73 Å². The number of thiophene rings is 1. The van der Waals surface area contributed by atoms with Crippen LogP contribution in [0.1, 0.15) is 21.5 Å². The summed E-state index contributed by atoms with van der Waals surface area (Å²) in [5.74, 6) is 0.415. The molecule has 3 rings (SSSR count).